The maximum Gasteiger partial charge on any atom is 0.172 e. The summed E-state index contributed by atoms with van der Waals surface area (Å²) in [6, 6.07) is 12.8. The largest absolute Gasteiger partial charge is 0.347 e. The van der Waals surface area contributed by atoms with Gasteiger partial charge < -0.3 is 9.47 Å². The second-order valence-electron chi connectivity index (χ2n) is 5.53. The highest BCUT2D eigenvalue weighted by molar-refractivity contribution is 5.19. The van der Waals surface area contributed by atoms with Crippen molar-refractivity contribution in [2.75, 3.05) is 19.8 Å². The Morgan fingerprint density at radius 3 is 2.65 bits per heavy atom. The lowest BCUT2D eigenvalue weighted by atomic mass is 9.93. The Balaban J connectivity index is 1.76. The lowest BCUT2D eigenvalue weighted by molar-refractivity contribution is -0.194. The normalized spacial score (nSPS) is 27.3. The number of likely N-dealkylation sites (tertiary alicyclic amines) is 1. The summed E-state index contributed by atoms with van der Waals surface area (Å²) < 4.78 is 11.5. The first kappa shape index (κ1) is 13.6. The van der Waals surface area contributed by atoms with E-state index in [1.54, 1.807) is 0 Å². The minimum atomic E-state index is -0.507. The molecule has 3 rings (SSSR count). The molecule has 2 heterocycles. The van der Waals surface area contributed by atoms with Crippen LogP contribution >= 0.6 is 0 Å². The third kappa shape index (κ3) is 2.45. The highest BCUT2D eigenvalue weighted by Gasteiger charge is 2.45. The molecule has 106 valence electrons. The van der Waals surface area contributed by atoms with Crippen molar-refractivity contribution in [2.24, 2.45) is 0 Å². The van der Waals surface area contributed by atoms with E-state index in [-0.39, 0.29) is 12.1 Å². The second-order valence-corrected chi connectivity index (χ2v) is 5.53. The first-order valence-corrected chi connectivity index (χ1v) is 7.22. The van der Waals surface area contributed by atoms with Crippen LogP contribution in [-0.2, 0) is 9.47 Å². The minimum absolute atomic E-state index is 0.156. The van der Waals surface area contributed by atoms with E-state index in [9.17, 15) is 5.26 Å². The Morgan fingerprint density at radius 1 is 1.30 bits per heavy atom. The van der Waals surface area contributed by atoms with Gasteiger partial charge in [0.2, 0.25) is 0 Å². The summed E-state index contributed by atoms with van der Waals surface area (Å²) in [5.74, 6) is -0.507. The van der Waals surface area contributed by atoms with E-state index in [2.05, 4.69) is 30.0 Å². The van der Waals surface area contributed by atoms with Gasteiger partial charge in [0.1, 0.15) is 6.04 Å². The maximum absolute atomic E-state index is 9.50. The molecule has 4 heteroatoms. The van der Waals surface area contributed by atoms with Gasteiger partial charge >= 0.3 is 0 Å². The van der Waals surface area contributed by atoms with Crippen LogP contribution in [0.25, 0.3) is 0 Å². The number of hydrogen-bond donors (Lipinski definition) is 0. The standard InChI is InChI=1S/C16H20N2O2/c1-13(14-5-3-2-4-6-14)18-8-7-16(11-15(18)12-17)19-9-10-20-16/h2-6,13,15H,7-11H2,1H3/t13-,15+/m1/s1. The van der Waals surface area contributed by atoms with E-state index in [1.165, 1.54) is 5.56 Å². The lowest BCUT2D eigenvalue weighted by Gasteiger charge is -2.43. The zero-order valence-corrected chi connectivity index (χ0v) is 11.8. The molecule has 1 aromatic carbocycles. The molecule has 2 atom stereocenters. The number of rotatable bonds is 2. The summed E-state index contributed by atoms with van der Waals surface area (Å²) in [5.41, 5.74) is 1.25. The smallest absolute Gasteiger partial charge is 0.172 e. The van der Waals surface area contributed by atoms with Crippen molar-refractivity contribution in [2.45, 2.75) is 37.6 Å². The summed E-state index contributed by atoms with van der Waals surface area (Å²) in [6.45, 7) is 4.28. The topological polar surface area (TPSA) is 45.5 Å². The summed E-state index contributed by atoms with van der Waals surface area (Å²) in [4.78, 5) is 2.26. The predicted molar refractivity (Wildman–Crippen MR) is 74.8 cm³/mol. The molecule has 0 N–H and O–H groups in total. The van der Waals surface area contributed by atoms with Crippen LogP contribution in [0.2, 0.25) is 0 Å². The van der Waals surface area contributed by atoms with Gasteiger partial charge in [0.15, 0.2) is 5.79 Å². The van der Waals surface area contributed by atoms with E-state index in [1.807, 2.05) is 18.2 Å². The molecule has 0 saturated carbocycles. The number of nitriles is 1. The molecule has 2 saturated heterocycles. The summed E-state index contributed by atoms with van der Waals surface area (Å²) in [6.07, 6.45) is 1.48. The van der Waals surface area contributed by atoms with Crippen molar-refractivity contribution >= 4 is 0 Å². The predicted octanol–water partition coefficient (Wildman–Crippen LogP) is 2.48. The number of benzene rings is 1. The summed E-state index contributed by atoms with van der Waals surface area (Å²) in [7, 11) is 0. The molecule has 2 fully saturated rings. The van der Waals surface area contributed by atoms with E-state index < -0.39 is 5.79 Å². The number of piperidine rings is 1. The van der Waals surface area contributed by atoms with Crippen LogP contribution in [0.3, 0.4) is 0 Å². The van der Waals surface area contributed by atoms with Gasteiger partial charge in [-0.05, 0) is 12.5 Å². The number of hydrogen-bond acceptors (Lipinski definition) is 4. The third-order valence-corrected chi connectivity index (χ3v) is 4.40. The zero-order valence-electron chi connectivity index (χ0n) is 11.8. The molecule has 2 aliphatic heterocycles. The van der Waals surface area contributed by atoms with Crippen molar-refractivity contribution in [1.29, 1.82) is 5.26 Å². The van der Waals surface area contributed by atoms with Crippen molar-refractivity contribution in [3.8, 4) is 6.07 Å². The molecule has 0 radical (unpaired) electrons. The van der Waals surface area contributed by atoms with Crippen LogP contribution in [0, 0.1) is 11.3 Å². The molecular formula is C16H20N2O2. The molecule has 1 spiro atoms. The van der Waals surface area contributed by atoms with Crippen LogP contribution in [-0.4, -0.2) is 36.5 Å². The molecule has 0 bridgehead atoms. The fraction of sp³-hybridized carbons (Fsp3) is 0.562. The molecule has 0 aromatic heterocycles. The molecule has 0 aliphatic carbocycles. The SMILES string of the molecule is C[C@H](c1ccccc1)N1CCC2(C[C@H]1C#N)OCCO2. The van der Waals surface area contributed by atoms with Crippen molar-refractivity contribution < 1.29 is 9.47 Å². The minimum Gasteiger partial charge on any atom is -0.347 e. The summed E-state index contributed by atoms with van der Waals surface area (Å²) in [5, 5.41) is 9.50. The van der Waals surface area contributed by atoms with Gasteiger partial charge in [-0.25, -0.2) is 0 Å². The zero-order chi connectivity index (χ0) is 14.0. The van der Waals surface area contributed by atoms with Crippen LogP contribution in [0.1, 0.15) is 31.4 Å². The van der Waals surface area contributed by atoms with Gasteiger partial charge in [-0.3, -0.25) is 4.90 Å². The van der Waals surface area contributed by atoms with Crippen LogP contribution in [0.4, 0.5) is 0 Å². The van der Waals surface area contributed by atoms with E-state index in [4.69, 9.17) is 9.47 Å². The van der Waals surface area contributed by atoms with Gasteiger partial charge in [-0.2, -0.15) is 5.26 Å². The highest BCUT2D eigenvalue weighted by Crippen LogP contribution is 2.37. The van der Waals surface area contributed by atoms with Crippen molar-refractivity contribution in [1.82, 2.24) is 4.90 Å². The van der Waals surface area contributed by atoms with Gasteiger partial charge in [0.05, 0.1) is 19.3 Å². The lowest BCUT2D eigenvalue weighted by Crippen LogP contribution is -2.51. The van der Waals surface area contributed by atoms with Crippen LogP contribution < -0.4 is 0 Å². The van der Waals surface area contributed by atoms with Crippen LogP contribution in [0.15, 0.2) is 30.3 Å². The van der Waals surface area contributed by atoms with Gasteiger partial charge in [0.25, 0.3) is 0 Å². The fourth-order valence-corrected chi connectivity index (χ4v) is 3.23. The molecule has 2 aliphatic rings. The monoisotopic (exact) mass is 272 g/mol. The highest BCUT2D eigenvalue weighted by atomic mass is 16.7. The first-order valence-electron chi connectivity index (χ1n) is 7.22. The fourth-order valence-electron chi connectivity index (χ4n) is 3.23. The van der Waals surface area contributed by atoms with E-state index in [0.29, 0.717) is 19.6 Å². The molecule has 20 heavy (non-hydrogen) atoms. The number of nitrogens with zero attached hydrogens (tertiary/aromatic N) is 2. The maximum atomic E-state index is 9.50. The van der Waals surface area contributed by atoms with Gasteiger partial charge in [0, 0.05) is 25.4 Å². The Kier molecular flexibility index (Phi) is 3.75. The molecule has 0 unspecified atom stereocenters. The first-order chi connectivity index (χ1) is 9.74. The summed E-state index contributed by atoms with van der Waals surface area (Å²) >= 11 is 0. The second kappa shape index (κ2) is 5.53. The molecule has 4 nitrogen and oxygen atoms in total. The van der Waals surface area contributed by atoms with E-state index in [0.717, 1.165) is 13.0 Å². The van der Waals surface area contributed by atoms with E-state index >= 15 is 0 Å². The Hall–Kier alpha value is -1.41. The Bertz CT molecular complexity index is 491. The number of ether oxygens (including phenoxy) is 2. The van der Waals surface area contributed by atoms with Crippen LogP contribution in [0.5, 0.6) is 0 Å². The quantitative estimate of drug-likeness (QED) is 0.829. The molecular weight excluding hydrogens is 252 g/mol. The van der Waals surface area contributed by atoms with Gasteiger partial charge in [-0.1, -0.05) is 30.3 Å². The molecule has 0 amide bonds. The van der Waals surface area contributed by atoms with Crippen molar-refractivity contribution in [3.63, 3.8) is 0 Å². The Morgan fingerprint density at radius 2 is 2.00 bits per heavy atom. The third-order valence-electron chi connectivity index (χ3n) is 4.40. The van der Waals surface area contributed by atoms with Crippen molar-refractivity contribution in [3.05, 3.63) is 35.9 Å². The Labute approximate surface area is 119 Å². The average Bonchev–Trinajstić information content (AvgIpc) is 2.95. The van der Waals surface area contributed by atoms with Gasteiger partial charge in [-0.15, -0.1) is 0 Å². The molecule has 1 aromatic rings. The average molecular weight is 272 g/mol.